The van der Waals surface area contributed by atoms with Crippen molar-refractivity contribution in [3.8, 4) is 0 Å². The Balaban J connectivity index is 2.36. The second-order valence-electron chi connectivity index (χ2n) is 6.22. The molecule has 0 bridgehead atoms. The van der Waals surface area contributed by atoms with Gasteiger partial charge in [0.15, 0.2) is 0 Å². The van der Waals surface area contributed by atoms with Crippen LogP contribution in [0, 0.1) is 5.92 Å². The van der Waals surface area contributed by atoms with Gasteiger partial charge in [-0.1, -0.05) is 33.6 Å². The van der Waals surface area contributed by atoms with Gasteiger partial charge in [0.05, 0.1) is 6.04 Å². The van der Waals surface area contributed by atoms with E-state index < -0.39 is 0 Å². The van der Waals surface area contributed by atoms with E-state index in [0.717, 1.165) is 18.8 Å². The molecule has 1 rings (SSSR count). The van der Waals surface area contributed by atoms with Crippen molar-refractivity contribution in [2.24, 2.45) is 5.92 Å². The van der Waals surface area contributed by atoms with Gasteiger partial charge in [-0.3, -0.25) is 4.79 Å². The Kier molecular flexibility index (Phi) is 7.44. The van der Waals surface area contributed by atoms with Crippen molar-refractivity contribution in [1.82, 2.24) is 10.6 Å². The summed E-state index contributed by atoms with van der Waals surface area (Å²) < 4.78 is 0. The maximum atomic E-state index is 12.1. The zero-order valence-electron chi connectivity index (χ0n) is 13.2. The van der Waals surface area contributed by atoms with E-state index in [9.17, 15) is 4.79 Å². The Morgan fingerprint density at radius 2 is 1.84 bits per heavy atom. The fraction of sp³-hybridized carbons (Fsp3) is 0.938. The van der Waals surface area contributed by atoms with E-state index in [2.05, 4.69) is 31.4 Å². The molecule has 3 nitrogen and oxygen atoms in total. The quantitative estimate of drug-likeness (QED) is 0.726. The lowest BCUT2D eigenvalue weighted by molar-refractivity contribution is -0.123. The zero-order chi connectivity index (χ0) is 14.3. The highest BCUT2D eigenvalue weighted by atomic mass is 16.2. The Labute approximate surface area is 118 Å². The molecule has 0 aliphatic heterocycles. The van der Waals surface area contributed by atoms with Gasteiger partial charge in [0, 0.05) is 12.1 Å². The number of carbonyl (C=O) groups excluding carboxylic acids is 1. The van der Waals surface area contributed by atoms with Crippen molar-refractivity contribution >= 4 is 5.91 Å². The van der Waals surface area contributed by atoms with Crippen LogP contribution in [-0.2, 0) is 4.79 Å². The van der Waals surface area contributed by atoms with E-state index in [1.165, 1.54) is 32.1 Å². The maximum absolute atomic E-state index is 12.1. The molecule has 1 saturated carbocycles. The van der Waals surface area contributed by atoms with Crippen molar-refractivity contribution in [3.63, 3.8) is 0 Å². The van der Waals surface area contributed by atoms with E-state index >= 15 is 0 Å². The smallest absolute Gasteiger partial charge is 0.237 e. The summed E-state index contributed by atoms with van der Waals surface area (Å²) >= 11 is 0. The fourth-order valence-electron chi connectivity index (χ4n) is 2.90. The first kappa shape index (κ1) is 16.5. The van der Waals surface area contributed by atoms with Crippen LogP contribution < -0.4 is 10.6 Å². The highest BCUT2D eigenvalue weighted by Gasteiger charge is 2.21. The van der Waals surface area contributed by atoms with Crippen LogP contribution in [0.1, 0.15) is 72.6 Å². The second-order valence-corrected chi connectivity index (χ2v) is 6.22. The molecular formula is C16H32N2O. The summed E-state index contributed by atoms with van der Waals surface area (Å²) in [6.45, 7) is 8.58. The minimum absolute atomic E-state index is 0.0704. The first-order chi connectivity index (χ1) is 9.06. The van der Waals surface area contributed by atoms with Crippen LogP contribution in [0.5, 0.6) is 0 Å². The van der Waals surface area contributed by atoms with Gasteiger partial charge in [-0.25, -0.2) is 0 Å². The SMILES string of the molecule is CCC(CC)NC(=O)C(C)NC1CCCC(C)CC1. The number of carbonyl (C=O) groups is 1. The minimum Gasteiger partial charge on any atom is -0.352 e. The van der Waals surface area contributed by atoms with E-state index in [0.29, 0.717) is 12.1 Å². The highest BCUT2D eigenvalue weighted by Crippen LogP contribution is 2.22. The molecule has 0 aromatic heterocycles. The molecule has 1 fully saturated rings. The molecule has 19 heavy (non-hydrogen) atoms. The topological polar surface area (TPSA) is 41.1 Å². The number of hydrogen-bond donors (Lipinski definition) is 2. The lowest BCUT2D eigenvalue weighted by Crippen LogP contribution is -2.49. The van der Waals surface area contributed by atoms with Gasteiger partial charge in [0.1, 0.15) is 0 Å². The van der Waals surface area contributed by atoms with Crippen molar-refractivity contribution in [2.75, 3.05) is 0 Å². The van der Waals surface area contributed by atoms with Gasteiger partial charge in [-0.15, -0.1) is 0 Å². The number of nitrogens with one attached hydrogen (secondary N) is 2. The maximum Gasteiger partial charge on any atom is 0.237 e. The highest BCUT2D eigenvalue weighted by molar-refractivity contribution is 5.81. The van der Waals surface area contributed by atoms with E-state index in [1.807, 2.05) is 6.92 Å². The summed E-state index contributed by atoms with van der Waals surface area (Å²) in [5.41, 5.74) is 0. The third-order valence-electron chi connectivity index (χ3n) is 4.47. The first-order valence-corrected chi connectivity index (χ1v) is 8.13. The normalized spacial score (nSPS) is 25.9. The monoisotopic (exact) mass is 268 g/mol. The molecule has 112 valence electrons. The zero-order valence-corrected chi connectivity index (χ0v) is 13.2. The molecule has 3 heteroatoms. The molecule has 3 unspecified atom stereocenters. The van der Waals surface area contributed by atoms with Gasteiger partial charge in [0.2, 0.25) is 5.91 Å². The van der Waals surface area contributed by atoms with Crippen molar-refractivity contribution in [2.45, 2.75) is 90.8 Å². The van der Waals surface area contributed by atoms with Crippen LogP contribution >= 0.6 is 0 Å². The number of hydrogen-bond acceptors (Lipinski definition) is 2. The van der Waals surface area contributed by atoms with Gasteiger partial charge in [-0.05, 0) is 44.9 Å². The summed E-state index contributed by atoms with van der Waals surface area (Å²) in [5.74, 6) is 1.01. The molecule has 1 amide bonds. The summed E-state index contributed by atoms with van der Waals surface area (Å²) in [6, 6.07) is 0.775. The molecule has 0 radical (unpaired) electrons. The average molecular weight is 268 g/mol. The van der Waals surface area contributed by atoms with E-state index in [-0.39, 0.29) is 11.9 Å². The van der Waals surface area contributed by atoms with Crippen LogP contribution in [-0.4, -0.2) is 24.0 Å². The molecule has 1 aliphatic carbocycles. The van der Waals surface area contributed by atoms with Gasteiger partial charge in [0.25, 0.3) is 0 Å². The summed E-state index contributed by atoms with van der Waals surface area (Å²) in [7, 11) is 0. The second kappa shape index (κ2) is 8.57. The predicted molar refractivity (Wildman–Crippen MR) is 81.1 cm³/mol. The van der Waals surface area contributed by atoms with Crippen LogP contribution in [0.15, 0.2) is 0 Å². The van der Waals surface area contributed by atoms with Gasteiger partial charge < -0.3 is 10.6 Å². The fourth-order valence-corrected chi connectivity index (χ4v) is 2.90. The van der Waals surface area contributed by atoms with Crippen molar-refractivity contribution in [3.05, 3.63) is 0 Å². The van der Waals surface area contributed by atoms with Crippen LogP contribution in [0.25, 0.3) is 0 Å². The Morgan fingerprint density at radius 3 is 2.47 bits per heavy atom. The lowest BCUT2D eigenvalue weighted by Gasteiger charge is -2.24. The molecule has 0 heterocycles. The van der Waals surface area contributed by atoms with Crippen LogP contribution in [0.3, 0.4) is 0 Å². The minimum atomic E-state index is -0.0704. The van der Waals surface area contributed by atoms with E-state index in [4.69, 9.17) is 0 Å². The molecule has 1 aliphatic rings. The first-order valence-electron chi connectivity index (χ1n) is 8.13. The third-order valence-corrected chi connectivity index (χ3v) is 4.47. The molecule has 2 N–H and O–H groups in total. The summed E-state index contributed by atoms with van der Waals surface area (Å²) in [6.07, 6.45) is 8.37. The Hall–Kier alpha value is -0.570. The van der Waals surface area contributed by atoms with E-state index in [1.54, 1.807) is 0 Å². The molecule has 0 saturated heterocycles. The Bertz CT molecular complexity index is 263. The molecular weight excluding hydrogens is 236 g/mol. The molecule has 0 aromatic carbocycles. The molecule has 3 atom stereocenters. The van der Waals surface area contributed by atoms with Crippen molar-refractivity contribution < 1.29 is 4.79 Å². The molecule has 0 spiro atoms. The standard InChI is InChI=1S/C16H32N2O/c1-5-14(6-2)18-16(19)13(4)17-15-9-7-8-12(3)10-11-15/h12-15,17H,5-11H2,1-4H3,(H,18,19). The third kappa shape index (κ3) is 5.94. The number of amides is 1. The average Bonchev–Trinajstić information content (AvgIpc) is 2.60. The summed E-state index contributed by atoms with van der Waals surface area (Å²) in [4.78, 5) is 12.1. The Morgan fingerprint density at radius 1 is 1.16 bits per heavy atom. The number of rotatable bonds is 6. The largest absolute Gasteiger partial charge is 0.352 e. The van der Waals surface area contributed by atoms with Crippen molar-refractivity contribution in [1.29, 1.82) is 0 Å². The van der Waals surface area contributed by atoms with Gasteiger partial charge in [-0.2, -0.15) is 0 Å². The predicted octanol–water partition coefficient (Wildman–Crippen LogP) is 3.24. The van der Waals surface area contributed by atoms with Gasteiger partial charge >= 0.3 is 0 Å². The summed E-state index contributed by atoms with van der Waals surface area (Å²) in [5, 5.41) is 6.65. The molecule has 0 aromatic rings. The van der Waals surface area contributed by atoms with Crippen LogP contribution in [0.2, 0.25) is 0 Å². The lowest BCUT2D eigenvalue weighted by atomic mass is 10.0. The van der Waals surface area contributed by atoms with Crippen LogP contribution in [0.4, 0.5) is 0 Å².